The molecular weight excluding hydrogens is 610 g/mol. The topological polar surface area (TPSA) is 195 Å². The lowest BCUT2D eigenvalue weighted by atomic mass is 9.98. The molecule has 0 bridgehead atoms. The van der Waals surface area contributed by atoms with Gasteiger partial charge in [-0.2, -0.15) is 0 Å². The van der Waals surface area contributed by atoms with Crippen molar-refractivity contribution in [3.63, 3.8) is 0 Å². The smallest absolute Gasteiger partial charge is 0.344 e. The van der Waals surface area contributed by atoms with Gasteiger partial charge in [-0.3, -0.25) is 0 Å². The van der Waals surface area contributed by atoms with Crippen LogP contribution in [0.5, 0.6) is 11.5 Å². The number of hydrogen-bond donors (Lipinski definition) is 4. The van der Waals surface area contributed by atoms with E-state index in [-0.39, 0.29) is 47.7 Å². The van der Waals surface area contributed by atoms with Crippen LogP contribution in [0.1, 0.15) is 43.2 Å². The minimum Gasteiger partial charge on any atom is -0.507 e. The number of hydrogen-bond acceptors (Lipinski definition) is 10. The molecule has 0 radical (unpaired) electrons. The van der Waals surface area contributed by atoms with Crippen molar-refractivity contribution in [1.82, 2.24) is 4.72 Å². The van der Waals surface area contributed by atoms with Crippen LogP contribution in [0.4, 0.5) is 0 Å². The van der Waals surface area contributed by atoms with Gasteiger partial charge in [-0.25, -0.2) is 26.4 Å². The molecule has 236 valence electrons. The molecule has 1 fully saturated rings. The minimum atomic E-state index is -4.23. The number of rotatable bonds is 12. The largest absolute Gasteiger partial charge is 0.507 e. The second-order valence-corrected chi connectivity index (χ2v) is 14.2. The van der Waals surface area contributed by atoms with E-state index in [4.69, 9.17) is 20.4 Å². The van der Waals surface area contributed by atoms with Gasteiger partial charge < -0.3 is 25.5 Å². The predicted molar refractivity (Wildman–Crippen MR) is 163 cm³/mol. The Hall–Kier alpha value is -4.14. The lowest BCUT2D eigenvalue weighted by Crippen LogP contribution is -2.27. The van der Waals surface area contributed by atoms with Crippen LogP contribution in [0.15, 0.2) is 75.6 Å². The van der Waals surface area contributed by atoms with Gasteiger partial charge in [0.2, 0.25) is 10.0 Å². The van der Waals surface area contributed by atoms with Crippen LogP contribution in [0.25, 0.3) is 11.1 Å². The predicted octanol–water partition coefficient (Wildman–Crippen LogP) is 3.33. The number of nitrogens with zero attached hydrogens (tertiary/aromatic N) is 1. The Bertz CT molecular complexity index is 1750. The maximum Gasteiger partial charge on any atom is 0.344 e. The molecule has 0 atom stereocenters. The first-order valence-corrected chi connectivity index (χ1v) is 17.3. The number of nitrogens with two attached hydrogens (primary N) is 1. The highest BCUT2D eigenvalue weighted by molar-refractivity contribution is 7.91. The number of esters is 1. The Morgan fingerprint density at radius 1 is 1.00 bits per heavy atom. The molecule has 1 aliphatic carbocycles. The number of carbonyl (C=O) groups excluding carboxylic acids is 1. The third-order valence-corrected chi connectivity index (χ3v) is 9.84. The first kappa shape index (κ1) is 32.8. The van der Waals surface area contributed by atoms with E-state index >= 15 is 0 Å². The molecule has 0 aliphatic heterocycles. The van der Waals surface area contributed by atoms with Crippen molar-refractivity contribution in [3.05, 3.63) is 71.8 Å². The molecule has 0 aromatic heterocycles. The molecule has 5 N–H and O–H groups in total. The summed E-state index contributed by atoms with van der Waals surface area (Å²) in [4.78, 5) is 12.3. The molecule has 0 spiro atoms. The number of aromatic hydroxyl groups is 1. The molecule has 3 aromatic rings. The van der Waals surface area contributed by atoms with Crippen LogP contribution in [0.2, 0.25) is 0 Å². The van der Waals surface area contributed by atoms with Gasteiger partial charge in [-0.1, -0.05) is 41.9 Å². The van der Waals surface area contributed by atoms with Gasteiger partial charge in [0, 0.05) is 23.9 Å². The molecule has 0 unspecified atom stereocenters. The van der Waals surface area contributed by atoms with E-state index in [9.17, 15) is 26.7 Å². The molecular formula is C30H35N3O9S2. The van der Waals surface area contributed by atoms with E-state index in [1.165, 1.54) is 12.1 Å². The average Bonchev–Trinajstić information content (AvgIpc) is 3.00. The summed E-state index contributed by atoms with van der Waals surface area (Å²) in [6, 6.07) is 14.9. The monoisotopic (exact) mass is 645 g/mol. The fourth-order valence-electron chi connectivity index (χ4n) is 4.98. The normalized spacial score (nSPS) is 14.7. The average molecular weight is 646 g/mol. The van der Waals surface area contributed by atoms with Crippen LogP contribution in [0.3, 0.4) is 0 Å². The van der Waals surface area contributed by atoms with E-state index < -0.39 is 36.5 Å². The molecule has 4 rings (SSSR count). The molecule has 0 heterocycles. The first-order chi connectivity index (χ1) is 20.9. The quantitative estimate of drug-likeness (QED) is 0.0746. The van der Waals surface area contributed by atoms with Crippen molar-refractivity contribution >= 4 is 31.7 Å². The third-order valence-electron chi connectivity index (χ3n) is 7.20. The number of nitrogens with one attached hydrogen (secondary N) is 1. The van der Waals surface area contributed by atoms with Crippen molar-refractivity contribution in [2.75, 3.05) is 19.4 Å². The lowest BCUT2D eigenvalue weighted by Gasteiger charge is -2.22. The summed E-state index contributed by atoms with van der Waals surface area (Å²) in [6.45, 7) is -0.515. The Morgan fingerprint density at radius 2 is 1.73 bits per heavy atom. The van der Waals surface area contributed by atoms with Crippen LogP contribution in [-0.2, 0) is 35.8 Å². The van der Waals surface area contributed by atoms with Crippen LogP contribution < -0.4 is 15.2 Å². The van der Waals surface area contributed by atoms with Gasteiger partial charge in [0.25, 0.3) is 0 Å². The summed E-state index contributed by atoms with van der Waals surface area (Å²) < 4.78 is 64.7. The van der Waals surface area contributed by atoms with Gasteiger partial charge in [-0.15, -0.1) is 0 Å². The molecule has 12 nitrogen and oxygen atoms in total. The molecule has 3 aromatic carbocycles. The minimum absolute atomic E-state index is 0.0893. The van der Waals surface area contributed by atoms with Gasteiger partial charge in [0.15, 0.2) is 22.3 Å². The number of phenols is 1. The molecule has 0 amide bonds. The summed E-state index contributed by atoms with van der Waals surface area (Å²) in [7, 11) is -7.79. The fraction of sp³-hybridized carbons (Fsp3) is 0.333. The summed E-state index contributed by atoms with van der Waals surface area (Å²) in [5, 5.41) is 21.9. The maximum absolute atomic E-state index is 13.0. The lowest BCUT2D eigenvalue weighted by molar-refractivity contribution is -0.152. The SMILES string of the molecule is CS(=O)(=O)c1ccccc1-c1ccc(CCNS(=O)(=O)c2cc(C(N)=NO)ccc2O)c(OCC(=O)OC2CCCCC2)c1. The fourth-order valence-corrected chi connectivity index (χ4v) is 7.04. The Morgan fingerprint density at radius 3 is 2.43 bits per heavy atom. The Labute approximate surface area is 256 Å². The summed E-state index contributed by atoms with van der Waals surface area (Å²) in [5.41, 5.74) is 7.15. The van der Waals surface area contributed by atoms with E-state index in [1.54, 1.807) is 36.4 Å². The molecule has 14 heteroatoms. The first-order valence-electron chi connectivity index (χ1n) is 13.9. The van der Waals surface area contributed by atoms with Crippen LogP contribution in [-0.4, -0.2) is 64.5 Å². The van der Waals surface area contributed by atoms with Gasteiger partial charge in [-0.05, 0) is 73.6 Å². The molecule has 1 aliphatic rings. The zero-order chi connectivity index (χ0) is 31.9. The van der Waals surface area contributed by atoms with Crippen molar-refractivity contribution in [2.45, 2.75) is 54.4 Å². The van der Waals surface area contributed by atoms with Gasteiger partial charge >= 0.3 is 5.97 Å². The van der Waals surface area contributed by atoms with E-state index in [0.717, 1.165) is 50.5 Å². The summed E-state index contributed by atoms with van der Waals surface area (Å²) in [6.07, 6.45) is 5.76. The maximum atomic E-state index is 13.0. The highest BCUT2D eigenvalue weighted by Crippen LogP contribution is 2.32. The molecule has 44 heavy (non-hydrogen) atoms. The standard InChI is InChI=1S/C30H35N3O9S2/c1-43(37,38)27-10-6-5-9-24(27)21-12-11-20(26(17-21)41-19-29(35)42-23-7-3-2-4-8-23)15-16-32-44(39,40)28-18-22(30(31)33-36)13-14-25(28)34/h5-6,9-14,17-18,23,32,34,36H,2-4,7-8,15-16,19H2,1H3,(H2,31,33). The van der Waals surface area contributed by atoms with Crippen molar-refractivity contribution in [3.8, 4) is 22.6 Å². The van der Waals surface area contributed by atoms with Crippen molar-refractivity contribution < 1.29 is 41.4 Å². The highest BCUT2D eigenvalue weighted by atomic mass is 32.2. The molecule has 1 saturated carbocycles. The molecule has 0 saturated heterocycles. The number of phenolic OH excluding ortho intramolecular Hbond substituents is 1. The number of ether oxygens (including phenoxy) is 2. The zero-order valence-electron chi connectivity index (χ0n) is 24.1. The van der Waals surface area contributed by atoms with Crippen molar-refractivity contribution in [1.29, 1.82) is 0 Å². The number of amidine groups is 1. The zero-order valence-corrected chi connectivity index (χ0v) is 25.7. The van der Waals surface area contributed by atoms with E-state index in [2.05, 4.69) is 9.88 Å². The van der Waals surface area contributed by atoms with Crippen LogP contribution >= 0.6 is 0 Å². The van der Waals surface area contributed by atoms with Crippen molar-refractivity contribution in [2.24, 2.45) is 10.9 Å². The number of sulfonamides is 1. The number of sulfone groups is 1. The number of benzene rings is 3. The van der Waals surface area contributed by atoms with Gasteiger partial charge in [0.05, 0.1) is 4.90 Å². The third kappa shape index (κ3) is 8.27. The number of carbonyl (C=O) groups is 1. The van der Waals surface area contributed by atoms with Crippen LogP contribution in [0, 0.1) is 0 Å². The van der Waals surface area contributed by atoms with E-state index in [1.807, 2.05) is 0 Å². The second kappa shape index (κ2) is 14.1. The highest BCUT2D eigenvalue weighted by Gasteiger charge is 2.22. The number of oxime groups is 1. The van der Waals surface area contributed by atoms with Gasteiger partial charge in [0.1, 0.15) is 22.5 Å². The second-order valence-electron chi connectivity index (χ2n) is 10.4. The Balaban J connectivity index is 1.57. The summed E-state index contributed by atoms with van der Waals surface area (Å²) in [5.74, 6) is -1.14. The van der Waals surface area contributed by atoms with E-state index in [0.29, 0.717) is 16.7 Å². The summed E-state index contributed by atoms with van der Waals surface area (Å²) >= 11 is 0. The Kier molecular flexibility index (Phi) is 10.5.